The van der Waals surface area contributed by atoms with Gasteiger partial charge in [0.2, 0.25) is 0 Å². The Morgan fingerprint density at radius 3 is 2.38 bits per heavy atom. The van der Waals surface area contributed by atoms with E-state index in [1.807, 2.05) is 49.4 Å². The van der Waals surface area contributed by atoms with Gasteiger partial charge in [0.1, 0.15) is 0 Å². The predicted molar refractivity (Wildman–Crippen MR) is 114 cm³/mol. The van der Waals surface area contributed by atoms with Gasteiger partial charge in [0.05, 0.1) is 26.9 Å². The highest BCUT2D eigenvalue weighted by Gasteiger charge is 2.08. The molecule has 0 fully saturated rings. The largest absolute Gasteiger partial charge is 0.493 e. The van der Waals surface area contributed by atoms with Crippen molar-refractivity contribution in [2.24, 2.45) is 10.7 Å². The van der Waals surface area contributed by atoms with Gasteiger partial charge in [0, 0.05) is 6.54 Å². The normalized spacial score (nSPS) is 12.1. The molecule has 0 aliphatic carbocycles. The number of nitrogens with two attached hydrogens (primary N) is 1. The zero-order valence-electron chi connectivity index (χ0n) is 15.2. The summed E-state index contributed by atoms with van der Waals surface area (Å²) in [4.78, 5) is 4.28. The van der Waals surface area contributed by atoms with Crippen molar-refractivity contribution in [3.05, 3.63) is 59.2 Å². The van der Waals surface area contributed by atoms with Crippen LogP contribution in [-0.4, -0.2) is 31.8 Å². The van der Waals surface area contributed by atoms with E-state index in [1.54, 1.807) is 14.2 Å². The van der Waals surface area contributed by atoms with Crippen LogP contribution in [0.1, 0.15) is 22.8 Å². The Balaban J connectivity index is 0.00000338. The number of nitrogens with zero attached hydrogens (tertiary/aromatic N) is 1. The average molecular weight is 471 g/mol. The van der Waals surface area contributed by atoms with Crippen LogP contribution >= 0.6 is 24.0 Å². The van der Waals surface area contributed by atoms with Gasteiger partial charge in [-0.2, -0.15) is 0 Å². The summed E-state index contributed by atoms with van der Waals surface area (Å²) in [6.07, 6.45) is -0.643. The van der Waals surface area contributed by atoms with Crippen LogP contribution in [0, 0.1) is 6.92 Å². The van der Waals surface area contributed by atoms with Crippen molar-refractivity contribution in [3.8, 4) is 11.5 Å². The fourth-order valence-electron chi connectivity index (χ4n) is 2.32. The molecule has 0 aliphatic heterocycles. The van der Waals surface area contributed by atoms with Crippen molar-refractivity contribution in [1.82, 2.24) is 5.32 Å². The first kappa shape index (κ1) is 22.0. The molecule has 0 aliphatic rings. The zero-order valence-corrected chi connectivity index (χ0v) is 17.6. The summed E-state index contributed by atoms with van der Waals surface area (Å²) in [6, 6.07) is 13.3. The molecule has 142 valence electrons. The second-order valence-electron chi connectivity index (χ2n) is 5.70. The molecule has 0 saturated carbocycles. The van der Waals surface area contributed by atoms with Crippen LogP contribution in [0.15, 0.2) is 47.5 Å². The molecule has 6 nitrogen and oxygen atoms in total. The Labute approximate surface area is 171 Å². The first-order valence-electron chi connectivity index (χ1n) is 8.02. The van der Waals surface area contributed by atoms with Crippen molar-refractivity contribution in [1.29, 1.82) is 0 Å². The fraction of sp³-hybridized carbons (Fsp3) is 0.316. The number of rotatable bonds is 7. The fourth-order valence-corrected chi connectivity index (χ4v) is 2.32. The van der Waals surface area contributed by atoms with E-state index in [0.717, 1.165) is 16.7 Å². The van der Waals surface area contributed by atoms with Crippen LogP contribution in [0.25, 0.3) is 0 Å². The Morgan fingerprint density at radius 1 is 1.12 bits per heavy atom. The summed E-state index contributed by atoms with van der Waals surface area (Å²) in [5.74, 6) is 1.60. The smallest absolute Gasteiger partial charge is 0.189 e. The molecule has 0 aromatic heterocycles. The lowest BCUT2D eigenvalue weighted by atomic mass is 10.1. The van der Waals surface area contributed by atoms with Crippen molar-refractivity contribution in [2.75, 3.05) is 20.8 Å². The number of aliphatic hydroxyl groups excluding tert-OH is 1. The van der Waals surface area contributed by atoms with E-state index in [-0.39, 0.29) is 29.9 Å². The lowest BCUT2D eigenvalue weighted by molar-refractivity contribution is 0.181. The molecule has 0 spiro atoms. The molecule has 0 saturated heterocycles. The number of aryl methyl sites for hydroxylation is 1. The van der Waals surface area contributed by atoms with Crippen LogP contribution in [0.3, 0.4) is 0 Å². The van der Waals surface area contributed by atoms with Gasteiger partial charge >= 0.3 is 0 Å². The third-order valence-electron chi connectivity index (χ3n) is 3.82. The van der Waals surface area contributed by atoms with E-state index < -0.39 is 6.10 Å². The van der Waals surface area contributed by atoms with Crippen molar-refractivity contribution >= 4 is 29.9 Å². The van der Waals surface area contributed by atoms with Crippen molar-refractivity contribution < 1.29 is 14.6 Å². The minimum atomic E-state index is -0.643. The minimum Gasteiger partial charge on any atom is -0.493 e. The third-order valence-corrected chi connectivity index (χ3v) is 3.82. The van der Waals surface area contributed by atoms with Gasteiger partial charge in [-0.3, -0.25) is 0 Å². The number of ether oxygens (including phenoxy) is 2. The monoisotopic (exact) mass is 471 g/mol. The van der Waals surface area contributed by atoms with E-state index in [4.69, 9.17) is 15.2 Å². The molecular formula is C19H26IN3O3. The molecule has 4 N–H and O–H groups in total. The molecule has 0 radical (unpaired) electrons. The number of benzene rings is 2. The average Bonchev–Trinajstić information content (AvgIpc) is 2.64. The molecule has 1 unspecified atom stereocenters. The summed E-state index contributed by atoms with van der Waals surface area (Å²) < 4.78 is 10.5. The van der Waals surface area contributed by atoms with Crippen molar-refractivity contribution in [2.45, 2.75) is 19.6 Å². The number of aliphatic hydroxyl groups is 1. The molecule has 1 atom stereocenters. The number of hydrogen-bond donors (Lipinski definition) is 3. The Bertz CT molecular complexity index is 720. The molecule has 0 heterocycles. The summed E-state index contributed by atoms with van der Waals surface area (Å²) in [6.45, 7) is 2.71. The zero-order chi connectivity index (χ0) is 18.2. The number of guanidine groups is 1. The molecule has 2 aromatic rings. The summed E-state index contributed by atoms with van der Waals surface area (Å²) in [5, 5.41) is 13.1. The van der Waals surface area contributed by atoms with Gasteiger partial charge in [-0.25, -0.2) is 4.99 Å². The van der Waals surface area contributed by atoms with Gasteiger partial charge < -0.3 is 25.6 Å². The topological polar surface area (TPSA) is 89.1 Å². The van der Waals surface area contributed by atoms with Gasteiger partial charge in [-0.15, -0.1) is 24.0 Å². The lowest BCUT2D eigenvalue weighted by Crippen LogP contribution is -2.34. The summed E-state index contributed by atoms with van der Waals surface area (Å²) >= 11 is 0. The summed E-state index contributed by atoms with van der Waals surface area (Å²) in [7, 11) is 3.18. The standard InChI is InChI=1S/C19H25N3O3.HI/c1-13-4-7-15(8-5-13)16(23)12-22-19(20)21-11-14-6-9-17(24-2)18(10-14)25-3;/h4-10,16,23H,11-12H2,1-3H3,(H3,20,21,22);1H. The maximum absolute atomic E-state index is 10.2. The highest BCUT2D eigenvalue weighted by atomic mass is 127. The molecule has 0 amide bonds. The van der Waals surface area contributed by atoms with Crippen LogP contribution in [0.2, 0.25) is 0 Å². The predicted octanol–water partition coefficient (Wildman–Crippen LogP) is 2.77. The van der Waals surface area contributed by atoms with Gasteiger partial charge in [0.15, 0.2) is 17.5 Å². The molecule has 26 heavy (non-hydrogen) atoms. The Morgan fingerprint density at radius 2 is 1.77 bits per heavy atom. The quantitative estimate of drug-likeness (QED) is 0.329. The van der Waals surface area contributed by atoms with E-state index in [0.29, 0.717) is 24.6 Å². The van der Waals surface area contributed by atoms with Crippen LogP contribution < -0.4 is 20.5 Å². The Kier molecular flexibility index (Phi) is 9.22. The molecule has 2 rings (SSSR count). The van der Waals surface area contributed by atoms with Crippen LogP contribution in [0.5, 0.6) is 11.5 Å². The molecular weight excluding hydrogens is 445 g/mol. The lowest BCUT2D eigenvalue weighted by Gasteiger charge is -2.13. The minimum absolute atomic E-state index is 0. The van der Waals surface area contributed by atoms with E-state index in [9.17, 15) is 5.11 Å². The second-order valence-corrected chi connectivity index (χ2v) is 5.70. The van der Waals surface area contributed by atoms with Gasteiger partial charge in [0.25, 0.3) is 0 Å². The van der Waals surface area contributed by atoms with Crippen LogP contribution in [0.4, 0.5) is 0 Å². The number of halogens is 1. The summed E-state index contributed by atoms with van der Waals surface area (Å²) in [5.41, 5.74) is 8.81. The highest BCUT2D eigenvalue weighted by Crippen LogP contribution is 2.27. The number of hydrogen-bond acceptors (Lipinski definition) is 4. The number of aliphatic imine (C=N–C) groups is 1. The number of nitrogens with one attached hydrogen (secondary N) is 1. The van der Waals surface area contributed by atoms with Gasteiger partial charge in [-0.1, -0.05) is 35.9 Å². The van der Waals surface area contributed by atoms with E-state index in [1.165, 1.54) is 0 Å². The first-order valence-corrected chi connectivity index (χ1v) is 8.02. The second kappa shape index (κ2) is 10.9. The number of methoxy groups -OCH3 is 2. The van der Waals surface area contributed by atoms with Crippen LogP contribution in [-0.2, 0) is 6.54 Å². The Hall–Kier alpha value is -2.00. The SMILES string of the molecule is COc1ccc(CN=C(N)NCC(O)c2ccc(C)cc2)cc1OC.I. The molecule has 0 bridgehead atoms. The maximum Gasteiger partial charge on any atom is 0.189 e. The van der Waals surface area contributed by atoms with E-state index >= 15 is 0 Å². The third kappa shape index (κ3) is 6.38. The molecule has 2 aromatic carbocycles. The van der Waals surface area contributed by atoms with Gasteiger partial charge in [-0.05, 0) is 30.2 Å². The maximum atomic E-state index is 10.2. The first-order chi connectivity index (χ1) is 12.0. The highest BCUT2D eigenvalue weighted by molar-refractivity contribution is 14.0. The van der Waals surface area contributed by atoms with E-state index in [2.05, 4.69) is 10.3 Å². The van der Waals surface area contributed by atoms with Crippen molar-refractivity contribution in [3.63, 3.8) is 0 Å². The molecule has 7 heteroatoms.